The third kappa shape index (κ3) is 4.42. The number of nitrogens with one attached hydrogen (secondary N) is 1. The summed E-state index contributed by atoms with van der Waals surface area (Å²) in [6, 6.07) is 11.1. The number of thiophene rings is 1. The molecule has 1 saturated carbocycles. The predicted molar refractivity (Wildman–Crippen MR) is 110 cm³/mol. The molecule has 144 valence electrons. The molecule has 0 radical (unpaired) electrons. The van der Waals surface area contributed by atoms with Crippen molar-refractivity contribution in [1.29, 1.82) is 0 Å². The second-order valence-electron chi connectivity index (χ2n) is 6.53. The van der Waals surface area contributed by atoms with Gasteiger partial charge in [-0.1, -0.05) is 17.8 Å². The van der Waals surface area contributed by atoms with Crippen molar-refractivity contribution in [3.63, 3.8) is 0 Å². The van der Waals surface area contributed by atoms with Crippen molar-refractivity contribution < 1.29 is 9.59 Å². The van der Waals surface area contributed by atoms with Crippen molar-refractivity contribution >= 4 is 40.6 Å². The van der Waals surface area contributed by atoms with Crippen LogP contribution in [0.5, 0.6) is 0 Å². The first-order valence-corrected chi connectivity index (χ1v) is 10.8. The largest absolute Gasteiger partial charge is 0.366 e. The maximum absolute atomic E-state index is 12.3. The van der Waals surface area contributed by atoms with E-state index >= 15 is 0 Å². The quantitative estimate of drug-likeness (QED) is 0.553. The Balaban J connectivity index is 1.38. The van der Waals surface area contributed by atoms with Gasteiger partial charge in [0.15, 0.2) is 5.16 Å². The molecule has 2 heterocycles. The summed E-state index contributed by atoms with van der Waals surface area (Å²) < 4.78 is 2.18. The van der Waals surface area contributed by atoms with Crippen LogP contribution >= 0.6 is 23.1 Å². The summed E-state index contributed by atoms with van der Waals surface area (Å²) >= 11 is 3.10. The van der Waals surface area contributed by atoms with Gasteiger partial charge in [0.2, 0.25) is 11.8 Å². The number of amides is 2. The van der Waals surface area contributed by atoms with Crippen molar-refractivity contribution in [2.45, 2.75) is 30.5 Å². The molecule has 1 aromatic carbocycles. The van der Waals surface area contributed by atoms with Gasteiger partial charge in [0.05, 0.1) is 5.75 Å². The molecule has 28 heavy (non-hydrogen) atoms. The van der Waals surface area contributed by atoms with Gasteiger partial charge in [-0.25, -0.2) is 0 Å². The van der Waals surface area contributed by atoms with Gasteiger partial charge >= 0.3 is 0 Å². The van der Waals surface area contributed by atoms with Crippen LogP contribution in [0.15, 0.2) is 46.9 Å². The second-order valence-corrected chi connectivity index (χ2v) is 8.51. The zero-order valence-electron chi connectivity index (χ0n) is 15.0. The van der Waals surface area contributed by atoms with Crippen LogP contribution in [-0.4, -0.2) is 32.3 Å². The standard InChI is InChI=1S/C19H19N5O2S2/c20-18(26)12-3-5-13(6-4-12)21-17(25)11-28-19-23-22-16(24(19)14-7-8-14)10-15-2-1-9-27-15/h1-6,9,14H,7-8,10-11H2,(H2,20,26)(H,21,25). The van der Waals surface area contributed by atoms with Crippen LogP contribution in [0.3, 0.4) is 0 Å². The molecule has 2 amide bonds. The molecule has 0 bridgehead atoms. The molecule has 0 atom stereocenters. The number of carbonyl (C=O) groups excluding carboxylic acids is 2. The predicted octanol–water partition coefficient (Wildman–Crippen LogP) is 3.10. The van der Waals surface area contributed by atoms with E-state index in [0.29, 0.717) is 17.3 Å². The van der Waals surface area contributed by atoms with Crippen LogP contribution in [0.2, 0.25) is 0 Å². The Bertz CT molecular complexity index is 978. The Morgan fingerprint density at radius 1 is 1.21 bits per heavy atom. The molecule has 9 heteroatoms. The summed E-state index contributed by atoms with van der Waals surface area (Å²) in [6.07, 6.45) is 3.02. The highest BCUT2D eigenvalue weighted by Gasteiger charge is 2.30. The molecular weight excluding hydrogens is 394 g/mol. The Kier molecular flexibility index (Phi) is 5.45. The molecule has 0 unspecified atom stereocenters. The average Bonchev–Trinajstić information content (AvgIpc) is 3.23. The Morgan fingerprint density at radius 2 is 2.00 bits per heavy atom. The maximum Gasteiger partial charge on any atom is 0.248 e. The van der Waals surface area contributed by atoms with Crippen molar-refractivity contribution in [1.82, 2.24) is 14.8 Å². The van der Waals surface area contributed by atoms with Gasteiger partial charge in [0.25, 0.3) is 0 Å². The first-order valence-electron chi connectivity index (χ1n) is 8.89. The summed E-state index contributed by atoms with van der Waals surface area (Å²) in [6.45, 7) is 0. The Hall–Kier alpha value is -2.65. The number of anilines is 1. The van der Waals surface area contributed by atoms with Crippen molar-refractivity contribution in [3.8, 4) is 0 Å². The van der Waals surface area contributed by atoms with Crippen LogP contribution in [0.25, 0.3) is 0 Å². The van der Waals surface area contributed by atoms with Gasteiger partial charge in [-0.05, 0) is 48.6 Å². The van der Waals surface area contributed by atoms with Crippen molar-refractivity contribution in [3.05, 3.63) is 58.0 Å². The lowest BCUT2D eigenvalue weighted by atomic mass is 10.2. The zero-order valence-corrected chi connectivity index (χ0v) is 16.6. The van der Waals surface area contributed by atoms with Crippen LogP contribution in [-0.2, 0) is 11.2 Å². The van der Waals surface area contributed by atoms with Crippen LogP contribution in [0, 0.1) is 0 Å². The van der Waals surface area contributed by atoms with E-state index in [2.05, 4.69) is 31.5 Å². The summed E-state index contributed by atoms with van der Waals surface area (Å²) in [4.78, 5) is 24.6. The third-order valence-electron chi connectivity index (χ3n) is 4.35. The van der Waals surface area contributed by atoms with Crippen molar-refractivity contribution in [2.75, 3.05) is 11.1 Å². The molecule has 4 rings (SSSR count). The van der Waals surface area contributed by atoms with E-state index < -0.39 is 5.91 Å². The number of hydrogen-bond acceptors (Lipinski definition) is 6. The average molecular weight is 414 g/mol. The molecule has 1 aliphatic rings. The minimum absolute atomic E-state index is 0.137. The lowest BCUT2D eigenvalue weighted by Gasteiger charge is -2.09. The summed E-state index contributed by atoms with van der Waals surface area (Å²) in [5, 5.41) is 14.3. The first kappa shape index (κ1) is 18.7. The smallest absolute Gasteiger partial charge is 0.248 e. The number of thioether (sulfide) groups is 1. The van der Waals surface area contributed by atoms with Gasteiger partial charge in [-0.3, -0.25) is 9.59 Å². The molecule has 0 saturated heterocycles. The molecule has 3 aromatic rings. The molecular formula is C19H19N5O2S2. The van der Waals surface area contributed by atoms with E-state index in [-0.39, 0.29) is 11.7 Å². The lowest BCUT2D eigenvalue weighted by molar-refractivity contribution is -0.113. The minimum atomic E-state index is -0.494. The third-order valence-corrected chi connectivity index (χ3v) is 6.16. The summed E-state index contributed by atoms with van der Waals surface area (Å²) in [7, 11) is 0. The fourth-order valence-corrected chi connectivity index (χ4v) is 4.37. The highest BCUT2D eigenvalue weighted by atomic mass is 32.2. The maximum atomic E-state index is 12.3. The summed E-state index contributed by atoms with van der Waals surface area (Å²) in [5.41, 5.74) is 6.25. The molecule has 1 aliphatic carbocycles. The SMILES string of the molecule is NC(=O)c1ccc(NC(=O)CSc2nnc(Cc3cccs3)n2C2CC2)cc1. The fourth-order valence-electron chi connectivity index (χ4n) is 2.84. The number of benzene rings is 1. The molecule has 3 N–H and O–H groups in total. The van der Waals surface area contributed by atoms with E-state index in [1.165, 1.54) is 16.6 Å². The van der Waals surface area contributed by atoms with Crippen molar-refractivity contribution in [2.24, 2.45) is 5.73 Å². The van der Waals surface area contributed by atoms with E-state index in [1.807, 2.05) is 6.07 Å². The molecule has 7 nitrogen and oxygen atoms in total. The topological polar surface area (TPSA) is 103 Å². The Labute approximate surface area is 170 Å². The number of nitrogens with zero attached hydrogens (tertiary/aromatic N) is 3. The van der Waals surface area contributed by atoms with Gasteiger partial charge < -0.3 is 15.6 Å². The molecule has 2 aromatic heterocycles. The number of nitrogens with two attached hydrogens (primary N) is 1. The zero-order chi connectivity index (χ0) is 19.5. The monoisotopic (exact) mass is 413 g/mol. The van der Waals surface area contributed by atoms with Gasteiger partial charge in [0, 0.05) is 28.6 Å². The van der Waals surface area contributed by atoms with Gasteiger partial charge in [-0.2, -0.15) is 0 Å². The van der Waals surface area contributed by atoms with Crippen LogP contribution in [0.4, 0.5) is 5.69 Å². The number of carbonyl (C=O) groups is 2. The number of rotatable bonds is 8. The van der Waals surface area contributed by atoms with E-state index in [0.717, 1.165) is 30.2 Å². The fraction of sp³-hybridized carbons (Fsp3) is 0.263. The summed E-state index contributed by atoms with van der Waals surface area (Å²) in [5.74, 6) is 0.560. The normalized spacial score (nSPS) is 13.4. The van der Waals surface area contributed by atoms with E-state index in [1.54, 1.807) is 35.6 Å². The van der Waals surface area contributed by atoms with E-state index in [4.69, 9.17) is 5.73 Å². The van der Waals surface area contributed by atoms with Crippen LogP contribution in [0.1, 0.15) is 39.9 Å². The first-order chi connectivity index (χ1) is 13.6. The molecule has 0 spiro atoms. The lowest BCUT2D eigenvalue weighted by Crippen LogP contribution is -2.15. The second kappa shape index (κ2) is 8.15. The number of primary amides is 1. The Morgan fingerprint density at radius 3 is 2.64 bits per heavy atom. The van der Waals surface area contributed by atoms with Crippen LogP contribution < -0.4 is 11.1 Å². The highest BCUT2D eigenvalue weighted by molar-refractivity contribution is 7.99. The van der Waals surface area contributed by atoms with Gasteiger partial charge in [-0.15, -0.1) is 21.5 Å². The minimum Gasteiger partial charge on any atom is -0.366 e. The molecule has 0 aliphatic heterocycles. The van der Waals surface area contributed by atoms with E-state index in [9.17, 15) is 9.59 Å². The number of hydrogen-bond donors (Lipinski definition) is 2. The van der Waals surface area contributed by atoms with Gasteiger partial charge in [0.1, 0.15) is 5.82 Å². The molecule has 1 fully saturated rings. The highest BCUT2D eigenvalue weighted by Crippen LogP contribution is 2.39. The number of aromatic nitrogens is 3.